The van der Waals surface area contributed by atoms with Crippen molar-refractivity contribution in [2.24, 2.45) is 11.8 Å². The second kappa shape index (κ2) is 8.98. The fourth-order valence-corrected chi connectivity index (χ4v) is 4.64. The Morgan fingerprint density at radius 1 is 1.06 bits per heavy atom. The van der Waals surface area contributed by atoms with Crippen molar-refractivity contribution in [3.8, 4) is 11.5 Å². The standard InChI is InChI=1S/C24H27NO6/c1-30-24(29)16-5-7-20(8-6-16)31-22-12-18-14-25(13-17(18)11-21(22)27)23(28)10-15-3-2-4-19(26)9-15/h2-9,17-18,21-22,26-27H,10-14H2,1H3/t17-,18+,21+,22+/m0/s1. The van der Waals surface area contributed by atoms with Crippen LogP contribution in [-0.4, -0.2) is 59.4 Å². The second-order valence-corrected chi connectivity index (χ2v) is 8.38. The molecule has 1 saturated carbocycles. The fourth-order valence-electron chi connectivity index (χ4n) is 4.64. The molecule has 0 bridgehead atoms. The number of hydrogen-bond acceptors (Lipinski definition) is 6. The minimum atomic E-state index is -0.609. The number of carbonyl (C=O) groups is 2. The molecule has 7 heteroatoms. The van der Waals surface area contributed by atoms with E-state index in [0.717, 1.165) is 5.56 Å². The van der Waals surface area contributed by atoms with Crippen LogP contribution in [0.25, 0.3) is 0 Å². The summed E-state index contributed by atoms with van der Waals surface area (Å²) in [6.07, 6.45) is 0.545. The van der Waals surface area contributed by atoms with Gasteiger partial charge in [-0.15, -0.1) is 0 Å². The highest BCUT2D eigenvalue weighted by Gasteiger charge is 2.43. The Morgan fingerprint density at radius 3 is 2.45 bits per heavy atom. The van der Waals surface area contributed by atoms with Gasteiger partial charge in [0, 0.05) is 13.1 Å². The first kappa shape index (κ1) is 21.2. The molecule has 0 spiro atoms. The number of phenols is 1. The van der Waals surface area contributed by atoms with Gasteiger partial charge in [-0.1, -0.05) is 12.1 Å². The molecule has 2 N–H and O–H groups in total. The highest BCUT2D eigenvalue weighted by Crippen LogP contribution is 2.38. The number of aromatic hydroxyl groups is 1. The number of likely N-dealkylation sites (tertiary alicyclic amines) is 1. The van der Waals surface area contributed by atoms with Crippen molar-refractivity contribution in [3.05, 3.63) is 59.7 Å². The molecule has 164 valence electrons. The van der Waals surface area contributed by atoms with Crippen LogP contribution in [0.15, 0.2) is 48.5 Å². The van der Waals surface area contributed by atoms with Crippen LogP contribution < -0.4 is 4.74 Å². The zero-order valence-electron chi connectivity index (χ0n) is 17.4. The van der Waals surface area contributed by atoms with E-state index in [-0.39, 0.29) is 36.0 Å². The largest absolute Gasteiger partial charge is 0.508 e. The van der Waals surface area contributed by atoms with Gasteiger partial charge in [-0.25, -0.2) is 4.79 Å². The van der Waals surface area contributed by atoms with Gasteiger partial charge < -0.3 is 24.6 Å². The third-order valence-electron chi connectivity index (χ3n) is 6.27. The quantitative estimate of drug-likeness (QED) is 0.714. The summed E-state index contributed by atoms with van der Waals surface area (Å²) in [7, 11) is 1.33. The summed E-state index contributed by atoms with van der Waals surface area (Å²) >= 11 is 0. The maximum absolute atomic E-state index is 12.7. The molecule has 1 amide bonds. The number of esters is 1. The van der Waals surface area contributed by atoms with Crippen LogP contribution in [0, 0.1) is 11.8 Å². The van der Waals surface area contributed by atoms with Crippen LogP contribution >= 0.6 is 0 Å². The molecule has 0 unspecified atom stereocenters. The van der Waals surface area contributed by atoms with Crippen LogP contribution in [0.4, 0.5) is 0 Å². The number of carbonyl (C=O) groups excluding carboxylic acids is 2. The number of aliphatic hydroxyl groups is 1. The van der Waals surface area contributed by atoms with Crippen molar-refractivity contribution in [3.63, 3.8) is 0 Å². The number of nitrogens with zero attached hydrogens (tertiary/aromatic N) is 1. The number of rotatable bonds is 5. The Balaban J connectivity index is 1.35. The summed E-state index contributed by atoms with van der Waals surface area (Å²) in [6.45, 7) is 1.29. The van der Waals surface area contributed by atoms with Gasteiger partial charge in [0.2, 0.25) is 5.91 Å². The van der Waals surface area contributed by atoms with E-state index >= 15 is 0 Å². The van der Waals surface area contributed by atoms with Gasteiger partial charge in [0.15, 0.2) is 0 Å². The summed E-state index contributed by atoms with van der Waals surface area (Å²) in [4.78, 5) is 26.2. The van der Waals surface area contributed by atoms with E-state index in [0.29, 0.717) is 37.2 Å². The Kier molecular flexibility index (Phi) is 6.13. The van der Waals surface area contributed by atoms with Gasteiger partial charge in [-0.05, 0) is 66.6 Å². The molecule has 0 radical (unpaired) electrons. The Hall–Kier alpha value is -3.06. The van der Waals surface area contributed by atoms with Crippen molar-refractivity contribution < 1.29 is 29.3 Å². The molecule has 1 heterocycles. The first-order valence-corrected chi connectivity index (χ1v) is 10.5. The summed E-state index contributed by atoms with van der Waals surface area (Å²) in [5, 5.41) is 20.2. The third-order valence-corrected chi connectivity index (χ3v) is 6.27. The summed E-state index contributed by atoms with van der Waals surface area (Å²) in [6, 6.07) is 13.4. The van der Waals surface area contributed by atoms with E-state index in [1.54, 1.807) is 42.5 Å². The molecule has 7 nitrogen and oxygen atoms in total. The molecule has 1 aliphatic heterocycles. The molecule has 31 heavy (non-hydrogen) atoms. The maximum atomic E-state index is 12.7. The smallest absolute Gasteiger partial charge is 0.337 e. The minimum Gasteiger partial charge on any atom is -0.508 e. The first-order chi connectivity index (χ1) is 14.9. The second-order valence-electron chi connectivity index (χ2n) is 8.38. The number of ether oxygens (including phenoxy) is 2. The van der Waals surface area contributed by atoms with Gasteiger partial charge in [0.25, 0.3) is 0 Å². The summed E-state index contributed by atoms with van der Waals surface area (Å²) in [5.74, 6) is 0.896. The van der Waals surface area contributed by atoms with Gasteiger partial charge in [0.05, 0.1) is 25.2 Å². The topological polar surface area (TPSA) is 96.3 Å². The summed E-state index contributed by atoms with van der Waals surface area (Å²) in [5.41, 5.74) is 1.23. The zero-order valence-corrected chi connectivity index (χ0v) is 17.4. The van der Waals surface area contributed by atoms with Gasteiger partial charge >= 0.3 is 5.97 Å². The number of hydrogen-bond donors (Lipinski definition) is 2. The van der Waals surface area contributed by atoms with Gasteiger partial charge in [-0.2, -0.15) is 0 Å². The highest BCUT2D eigenvalue weighted by molar-refractivity contribution is 5.89. The van der Waals surface area contributed by atoms with Crippen molar-refractivity contribution >= 4 is 11.9 Å². The van der Waals surface area contributed by atoms with Crippen LogP contribution in [0.3, 0.4) is 0 Å². The van der Waals surface area contributed by atoms with Crippen molar-refractivity contribution in [1.82, 2.24) is 4.90 Å². The van der Waals surface area contributed by atoms with E-state index < -0.39 is 12.1 Å². The lowest BCUT2D eigenvalue weighted by molar-refractivity contribution is -0.129. The van der Waals surface area contributed by atoms with Crippen molar-refractivity contribution in [1.29, 1.82) is 0 Å². The van der Waals surface area contributed by atoms with E-state index in [1.807, 2.05) is 11.0 Å². The lowest BCUT2D eigenvalue weighted by atomic mass is 9.78. The molecule has 2 aliphatic rings. The fraction of sp³-hybridized carbons (Fsp3) is 0.417. The summed E-state index contributed by atoms with van der Waals surface area (Å²) < 4.78 is 10.7. The van der Waals surface area contributed by atoms with E-state index in [9.17, 15) is 19.8 Å². The molecule has 0 aromatic heterocycles. The highest BCUT2D eigenvalue weighted by atomic mass is 16.5. The molecular weight excluding hydrogens is 398 g/mol. The van der Waals surface area contributed by atoms with Crippen LogP contribution in [0.1, 0.15) is 28.8 Å². The molecular formula is C24H27NO6. The first-order valence-electron chi connectivity index (χ1n) is 10.5. The monoisotopic (exact) mass is 425 g/mol. The zero-order chi connectivity index (χ0) is 22.0. The Labute approximate surface area is 181 Å². The van der Waals surface area contributed by atoms with Gasteiger partial charge in [-0.3, -0.25) is 4.79 Å². The van der Waals surface area contributed by atoms with Crippen LogP contribution in [0.2, 0.25) is 0 Å². The lowest BCUT2D eigenvalue weighted by Gasteiger charge is -2.35. The lowest BCUT2D eigenvalue weighted by Crippen LogP contribution is -2.42. The van der Waals surface area contributed by atoms with Crippen molar-refractivity contribution in [2.75, 3.05) is 20.2 Å². The molecule has 1 aliphatic carbocycles. The molecule has 1 saturated heterocycles. The normalized spacial score (nSPS) is 25.0. The van der Waals surface area contributed by atoms with Crippen LogP contribution in [-0.2, 0) is 16.0 Å². The number of amides is 1. The number of methoxy groups -OCH3 is 1. The van der Waals surface area contributed by atoms with E-state index in [2.05, 4.69) is 0 Å². The number of fused-ring (bicyclic) bond motifs is 1. The average molecular weight is 425 g/mol. The van der Waals surface area contributed by atoms with Gasteiger partial charge in [0.1, 0.15) is 17.6 Å². The predicted molar refractivity (Wildman–Crippen MR) is 113 cm³/mol. The van der Waals surface area contributed by atoms with E-state index in [1.165, 1.54) is 7.11 Å². The molecule has 4 atom stereocenters. The molecule has 4 rings (SSSR count). The SMILES string of the molecule is COC(=O)c1ccc(O[C@@H]2C[C@@H]3CN(C(=O)Cc4cccc(O)c4)C[C@@H]3C[C@H]2O)cc1. The predicted octanol–water partition coefficient (Wildman–Crippen LogP) is 2.40. The molecule has 2 aromatic rings. The molecule has 2 fully saturated rings. The Morgan fingerprint density at radius 2 is 1.77 bits per heavy atom. The number of phenolic OH excluding ortho intramolecular Hbond substituents is 1. The Bertz CT molecular complexity index is 943. The van der Waals surface area contributed by atoms with Crippen LogP contribution in [0.5, 0.6) is 11.5 Å². The minimum absolute atomic E-state index is 0.0327. The number of benzene rings is 2. The number of aliphatic hydroxyl groups excluding tert-OH is 1. The average Bonchev–Trinajstić information content (AvgIpc) is 3.17. The maximum Gasteiger partial charge on any atom is 0.337 e. The van der Waals surface area contributed by atoms with Crippen molar-refractivity contribution in [2.45, 2.75) is 31.5 Å². The third kappa shape index (κ3) is 4.82. The van der Waals surface area contributed by atoms with E-state index in [4.69, 9.17) is 9.47 Å². The molecule has 2 aromatic carbocycles.